The Balaban J connectivity index is 1.67. The smallest absolute Gasteiger partial charge is 0.198 e. The Kier molecular flexibility index (Phi) is 5.56. The lowest BCUT2D eigenvalue weighted by atomic mass is 10.3. The topological polar surface area (TPSA) is 52.8 Å². The van der Waals surface area contributed by atoms with Crippen LogP contribution in [0.4, 0.5) is 0 Å². The lowest BCUT2D eigenvalue weighted by molar-refractivity contribution is 0.189. The maximum atomic E-state index is 6.25. The van der Waals surface area contributed by atoms with E-state index in [9.17, 15) is 0 Å². The van der Waals surface area contributed by atoms with E-state index in [0.717, 1.165) is 43.4 Å². The largest absolute Gasteiger partial charge is 0.385 e. The van der Waals surface area contributed by atoms with Crippen molar-refractivity contribution in [1.82, 2.24) is 19.7 Å². The van der Waals surface area contributed by atoms with E-state index in [1.54, 1.807) is 29.8 Å². The minimum atomic E-state index is 0.673. The number of benzene rings is 1. The molecule has 0 aliphatic heterocycles. The van der Waals surface area contributed by atoms with Gasteiger partial charge in [-0.1, -0.05) is 23.7 Å². The highest BCUT2D eigenvalue weighted by atomic mass is 35.5. The molecule has 134 valence electrons. The molecule has 26 heavy (non-hydrogen) atoms. The van der Waals surface area contributed by atoms with Crippen LogP contribution in [0.3, 0.4) is 0 Å². The fourth-order valence-corrected chi connectivity index (χ4v) is 5.57. The number of fused-ring (bicyclic) bond motifs is 1. The van der Waals surface area contributed by atoms with Crippen molar-refractivity contribution in [2.24, 2.45) is 0 Å². The predicted octanol–water partition coefficient (Wildman–Crippen LogP) is 5.46. The number of hydrogen-bond donors (Lipinski definition) is 0. The van der Waals surface area contributed by atoms with Crippen LogP contribution in [0.2, 0.25) is 5.02 Å². The van der Waals surface area contributed by atoms with Crippen LogP contribution in [0.5, 0.6) is 0 Å². The summed E-state index contributed by atoms with van der Waals surface area (Å²) < 4.78 is 9.32. The van der Waals surface area contributed by atoms with Crippen LogP contribution in [0.25, 0.3) is 20.9 Å². The number of nitrogens with zero attached hydrogens (tertiary/aromatic N) is 4. The molecule has 3 aromatic heterocycles. The minimum Gasteiger partial charge on any atom is -0.385 e. The number of thiazole rings is 1. The molecule has 4 aromatic rings. The fourth-order valence-electron chi connectivity index (χ4n) is 2.54. The molecule has 0 saturated heterocycles. The number of ether oxygens (including phenoxy) is 1. The van der Waals surface area contributed by atoms with Gasteiger partial charge in [0.15, 0.2) is 15.3 Å². The second-order valence-electron chi connectivity index (χ2n) is 5.45. The predicted molar refractivity (Wildman–Crippen MR) is 109 cm³/mol. The first kappa shape index (κ1) is 17.9. The first-order valence-electron chi connectivity index (χ1n) is 7.95. The van der Waals surface area contributed by atoms with Crippen molar-refractivity contribution in [2.75, 3.05) is 13.7 Å². The van der Waals surface area contributed by atoms with Gasteiger partial charge < -0.3 is 9.30 Å². The zero-order chi connectivity index (χ0) is 17.9. The standard InChI is InChI=1S/C17H15ClN4OS3/c1-23-9-4-8-22-15(13-7-3-10-24-13)20-21-16(22)26-17-19-14-11(18)5-2-6-12(14)25-17/h2-3,5-7,10H,4,8-9H2,1H3. The molecule has 0 amide bonds. The number of thiophene rings is 1. The second-order valence-corrected chi connectivity index (χ2v) is 9.05. The molecule has 0 unspecified atom stereocenters. The van der Waals surface area contributed by atoms with Gasteiger partial charge in [-0.2, -0.15) is 0 Å². The highest BCUT2D eigenvalue weighted by molar-refractivity contribution is 8.01. The van der Waals surface area contributed by atoms with Gasteiger partial charge in [0.2, 0.25) is 0 Å². The van der Waals surface area contributed by atoms with Crippen molar-refractivity contribution in [3.05, 3.63) is 40.7 Å². The van der Waals surface area contributed by atoms with Crippen molar-refractivity contribution in [2.45, 2.75) is 22.5 Å². The molecular formula is C17H15ClN4OS3. The highest BCUT2D eigenvalue weighted by Gasteiger charge is 2.17. The summed E-state index contributed by atoms with van der Waals surface area (Å²) in [7, 11) is 1.72. The maximum Gasteiger partial charge on any atom is 0.198 e. The number of hydrogen-bond acceptors (Lipinski definition) is 7. The van der Waals surface area contributed by atoms with E-state index in [2.05, 4.69) is 25.8 Å². The first-order chi connectivity index (χ1) is 12.8. The molecular weight excluding hydrogens is 408 g/mol. The van der Waals surface area contributed by atoms with Gasteiger partial charge in [-0.05, 0) is 41.8 Å². The van der Waals surface area contributed by atoms with E-state index in [4.69, 9.17) is 16.3 Å². The zero-order valence-corrected chi connectivity index (χ0v) is 17.1. The van der Waals surface area contributed by atoms with Crippen LogP contribution >= 0.6 is 46.0 Å². The van der Waals surface area contributed by atoms with E-state index in [1.807, 2.05) is 29.6 Å². The Hall–Kier alpha value is -1.45. The third-order valence-electron chi connectivity index (χ3n) is 3.72. The Labute approximate surface area is 168 Å². The van der Waals surface area contributed by atoms with Gasteiger partial charge in [0.25, 0.3) is 0 Å². The lowest BCUT2D eigenvalue weighted by Crippen LogP contribution is -2.04. The second kappa shape index (κ2) is 8.06. The average Bonchev–Trinajstić information content (AvgIpc) is 3.36. The van der Waals surface area contributed by atoms with Crippen molar-refractivity contribution in [1.29, 1.82) is 0 Å². The summed E-state index contributed by atoms with van der Waals surface area (Å²) in [6.07, 6.45) is 0.895. The van der Waals surface area contributed by atoms with Crippen molar-refractivity contribution in [3.63, 3.8) is 0 Å². The number of methoxy groups -OCH3 is 1. The van der Waals surface area contributed by atoms with Gasteiger partial charge in [0.05, 0.1) is 14.6 Å². The third-order valence-corrected chi connectivity index (χ3v) is 6.95. The van der Waals surface area contributed by atoms with E-state index in [0.29, 0.717) is 11.6 Å². The molecule has 1 aromatic carbocycles. The Bertz CT molecular complexity index is 1010. The van der Waals surface area contributed by atoms with Gasteiger partial charge in [-0.3, -0.25) is 0 Å². The van der Waals surface area contributed by atoms with Crippen LogP contribution in [-0.2, 0) is 11.3 Å². The number of para-hydroxylation sites is 1. The minimum absolute atomic E-state index is 0.673. The highest BCUT2D eigenvalue weighted by Crippen LogP contribution is 2.37. The molecule has 5 nitrogen and oxygen atoms in total. The van der Waals surface area contributed by atoms with Crippen molar-refractivity contribution >= 4 is 56.3 Å². The summed E-state index contributed by atoms with van der Waals surface area (Å²) in [4.78, 5) is 5.77. The molecule has 0 aliphatic rings. The van der Waals surface area contributed by atoms with Gasteiger partial charge >= 0.3 is 0 Å². The summed E-state index contributed by atoms with van der Waals surface area (Å²) in [6, 6.07) is 9.92. The first-order valence-corrected chi connectivity index (χ1v) is 10.8. The Morgan fingerprint density at radius 3 is 2.92 bits per heavy atom. The summed E-state index contributed by atoms with van der Waals surface area (Å²) in [5.41, 5.74) is 0.839. The Morgan fingerprint density at radius 2 is 2.15 bits per heavy atom. The molecule has 4 rings (SSSR count). The number of rotatable bonds is 7. The van der Waals surface area contributed by atoms with Crippen LogP contribution < -0.4 is 0 Å². The number of halogens is 1. The molecule has 0 N–H and O–H groups in total. The van der Waals surface area contributed by atoms with Gasteiger partial charge in [0, 0.05) is 20.3 Å². The van der Waals surface area contributed by atoms with Crippen molar-refractivity contribution in [3.8, 4) is 10.7 Å². The van der Waals surface area contributed by atoms with E-state index in [1.165, 1.54) is 11.8 Å². The molecule has 0 bridgehead atoms. The molecule has 0 fully saturated rings. The van der Waals surface area contributed by atoms with Crippen LogP contribution in [0, 0.1) is 0 Å². The molecule has 0 saturated carbocycles. The van der Waals surface area contributed by atoms with Gasteiger partial charge in [-0.25, -0.2) is 4.98 Å². The molecule has 0 atom stereocenters. The molecule has 0 aliphatic carbocycles. The molecule has 9 heteroatoms. The van der Waals surface area contributed by atoms with Crippen molar-refractivity contribution < 1.29 is 4.74 Å². The Morgan fingerprint density at radius 1 is 1.23 bits per heavy atom. The van der Waals surface area contributed by atoms with Crippen LogP contribution in [0.15, 0.2) is 45.2 Å². The van der Waals surface area contributed by atoms with E-state index < -0.39 is 0 Å². The summed E-state index contributed by atoms with van der Waals surface area (Å²) in [5.74, 6) is 0.887. The van der Waals surface area contributed by atoms with Gasteiger partial charge in [-0.15, -0.1) is 32.9 Å². The molecule has 0 radical (unpaired) electrons. The quantitative estimate of drug-likeness (QED) is 0.370. The normalized spacial score (nSPS) is 11.5. The number of aromatic nitrogens is 4. The van der Waals surface area contributed by atoms with E-state index in [-0.39, 0.29) is 0 Å². The van der Waals surface area contributed by atoms with E-state index >= 15 is 0 Å². The zero-order valence-electron chi connectivity index (χ0n) is 13.9. The van der Waals surface area contributed by atoms with Gasteiger partial charge in [0.1, 0.15) is 5.52 Å². The lowest BCUT2D eigenvalue weighted by Gasteiger charge is -2.08. The molecule has 3 heterocycles. The average molecular weight is 423 g/mol. The monoisotopic (exact) mass is 422 g/mol. The third kappa shape index (κ3) is 3.65. The summed E-state index contributed by atoms with van der Waals surface area (Å²) >= 11 is 11.1. The fraction of sp³-hybridized carbons (Fsp3) is 0.235. The van der Waals surface area contributed by atoms with Crippen LogP contribution in [0.1, 0.15) is 6.42 Å². The maximum absolute atomic E-state index is 6.25. The molecule has 0 spiro atoms. The summed E-state index contributed by atoms with van der Waals surface area (Å²) in [5, 5.41) is 12.4. The van der Waals surface area contributed by atoms with Crippen LogP contribution in [-0.4, -0.2) is 33.5 Å². The SMILES string of the molecule is COCCCn1c(Sc2nc3c(Cl)cccc3s2)nnc1-c1cccs1. The summed E-state index contributed by atoms with van der Waals surface area (Å²) in [6.45, 7) is 1.49.